The van der Waals surface area contributed by atoms with Gasteiger partial charge in [0, 0.05) is 5.54 Å². The molecule has 1 N–H and O–H groups in total. The van der Waals surface area contributed by atoms with E-state index in [1.165, 1.54) is 17.5 Å². The van der Waals surface area contributed by atoms with Gasteiger partial charge in [0.2, 0.25) is 0 Å². The van der Waals surface area contributed by atoms with Crippen molar-refractivity contribution in [3.8, 4) is 5.75 Å². The number of hydrogen-bond acceptors (Lipinski definition) is 2. The highest BCUT2D eigenvalue weighted by molar-refractivity contribution is 6.71. The van der Waals surface area contributed by atoms with E-state index >= 15 is 0 Å². The minimum atomic E-state index is -2.35. The molecule has 0 amide bonds. The van der Waals surface area contributed by atoms with Gasteiger partial charge in [-0.2, -0.15) is 0 Å². The van der Waals surface area contributed by atoms with Crippen LogP contribution in [0, 0.1) is 5.92 Å². The van der Waals surface area contributed by atoms with Crippen molar-refractivity contribution in [2.75, 3.05) is 0 Å². The van der Waals surface area contributed by atoms with Crippen LogP contribution in [0.5, 0.6) is 5.75 Å². The first-order valence-corrected chi connectivity index (χ1v) is 15.1. The van der Waals surface area contributed by atoms with E-state index < -0.39 is 8.32 Å². The molecule has 2 aromatic rings. The second kappa shape index (κ2) is 12.5. The average Bonchev–Trinajstić information content (AvgIpc) is 2.71. The van der Waals surface area contributed by atoms with Crippen LogP contribution in [-0.4, -0.2) is 18.7 Å². The van der Waals surface area contributed by atoms with Crippen LogP contribution in [-0.2, 0) is 0 Å². The molecule has 3 atom stereocenters. The molecule has 31 heavy (non-hydrogen) atoms. The predicted octanol–water partition coefficient (Wildman–Crippen LogP) is 8.32. The number of benzene rings is 2. The highest BCUT2D eigenvalue weighted by atomic mass is 28.4. The van der Waals surface area contributed by atoms with Crippen LogP contribution in [0.3, 0.4) is 0 Å². The van der Waals surface area contributed by atoms with Gasteiger partial charge < -0.3 is 9.53 Å². The molecule has 3 heteroatoms. The van der Waals surface area contributed by atoms with E-state index in [-0.39, 0.29) is 11.1 Å². The third-order valence-corrected chi connectivity index (χ3v) is 8.01. The van der Waals surface area contributed by atoms with Crippen molar-refractivity contribution >= 4 is 8.32 Å². The van der Waals surface area contributed by atoms with Crippen LogP contribution in [0.1, 0.15) is 90.3 Å². The summed E-state index contributed by atoms with van der Waals surface area (Å²) >= 11 is 0. The summed E-state index contributed by atoms with van der Waals surface area (Å²) in [4.78, 5) is 11.1. The normalized spacial score (nSPS) is 14.8. The van der Waals surface area contributed by atoms with Gasteiger partial charge in [-0.15, -0.1) is 0 Å². The summed E-state index contributed by atoms with van der Waals surface area (Å²) in [6.45, 7) is 19.0. The molecule has 2 rings (SSSR count). The van der Waals surface area contributed by atoms with E-state index in [0.29, 0.717) is 11.8 Å². The first kappa shape index (κ1) is 27.5. The summed E-state index contributed by atoms with van der Waals surface area (Å²) < 4.78 is 6.01. The lowest BCUT2D eigenvalue weighted by Crippen LogP contribution is -2.36. The molecule has 0 saturated heterocycles. The molecule has 0 aliphatic heterocycles. The van der Waals surface area contributed by atoms with Gasteiger partial charge in [0.05, 0.1) is 0 Å². The molecule has 0 aromatic heterocycles. The Morgan fingerprint density at radius 3 is 1.87 bits per heavy atom. The van der Waals surface area contributed by atoms with Crippen molar-refractivity contribution in [3.05, 3.63) is 65.7 Å². The van der Waals surface area contributed by atoms with Gasteiger partial charge in [-0.1, -0.05) is 76.6 Å². The maximum atomic E-state index is 11.1. The average molecular weight is 443 g/mol. The Balaban J connectivity index is 0.00000233. The summed E-state index contributed by atoms with van der Waals surface area (Å²) in [6.07, 6.45) is 3.31. The number of rotatable bonds is 9. The van der Waals surface area contributed by atoms with Gasteiger partial charge in [0.15, 0.2) is 8.32 Å². The maximum absolute atomic E-state index is 11.1. The minimum Gasteiger partial charge on any atom is -0.488 e. The van der Waals surface area contributed by atoms with Crippen molar-refractivity contribution in [2.24, 2.45) is 5.92 Å². The second-order valence-corrected chi connectivity index (χ2v) is 14.1. The van der Waals surface area contributed by atoms with Crippen LogP contribution < -0.4 is 4.74 Å². The molecule has 2 nitrogen and oxygen atoms in total. The SMILES string of the molecule is CC.CCC(C)CC(CC(c1ccccc1)[Si](C)(C)O)c1ccc(OC(C)(C)C)cc1. The van der Waals surface area contributed by atoms with Gasteiger partial charge in [-0.25, -0.2) is 0 Å². The van der Waals surface area contributed by atoms with Crippen LogP contribution in [0.15, 0.2) is 54.6 Å². The highest BCUT2D eigenvalue weighted by Crippen LogP contribution is 2.39. The molecule has 0 radical (unpaired) electrons. The van der Waals surface area contributed by atoms with Crippen LogP contribution in [0.2, 0.25) is 13.1 Å². The zero-order valence-corrected chi connectivity index (χ0v) is 22.4. The summed E-state index contributed by atoms with van der Waals surface area (Å²) in [5, 5.41) is 0. The Bertz CT molecular complexity index is 726. The molecular formula is C28H46O2Si. The molecular weight excluding hydrogens is 396 g/mol. The van der Waals surface area contributed by atoms with Crippen LogP contribution >= 0.6 is 0 Å². The highest BCUT2D eigenvalue weighted by Gasteiger charge is 2.34. The van der Waals surface area contributed by atoms with Crippen LogP contribution in [0.25, 0.3) is 0 Å². The third-order valence-electron chi connectivity index (χ3n) is 5.73. The first-order chi connectivity index (χ1) is 14.5. The van der Waals surface area contributed by atoms with Gasteiger partial charge >= 0.3 is 0 Å². The van der Waals surface area contributed by atoms with E-state index in [1.807, 2.05) is 13.8 Å². The van der Waals surface area contributed by atoms with Gasteiger partial charge in [-0.05, 0) is 81.8 Å². The van der Waals surface area contributed by atoms with Crippen molar-refractivity contribution in [1.29, 1.82) is 0 Å². The van der Waals surface area contributed by atoms with Crippen molar-refractivity contribution in [1.82, 2.24) is 0 Å². The zero-order chi connectivity index (χ0) is 23.7. The lowest BCUT2D eigenvalue weighted by molar-refractivity contribution is 0.131. The standard InChI is InChI=1S/C26H40O2Si.C2H6/c1-8-20(2)18-23(21-14-16-24(17-15-21)28-26(3,4)5)19-25(29(6,7)27)22-12-10-9-11-13-22;1-2/h9-17,20,23,25,27H,8,18-19H2,1-7H3;1-2H3. The molecule has 3 unspecified atom stereocenters. The molecule has 0 aliphatic carbocycles. The Hall–Kier alpha value is -1.58. The fraction of sp³-hybridized carbons (Fsp3) is 0.571. The molecule has 2 aromatic carbocycles. The topological polar surface area (TPSA) is 29.5 Å². The fourth-order valence-electron chi connectivity index (χ4n) is 3.98. The largest absolute Gasteiger partial charge is 0.488 e. The fourth-order valence-corrected chi connectivity index (χ4v) is 5.85. The van der Waals surface area contributed by atoms with E-state index in [2.05, 4.69) is 102 Å². The Kier molecular flexibility index (Phi) is 11.0. The molecule has 0 aliphatic rings. The Morgan fingerprint density at radius 2 is 1.42 bits per heavy atom. The van der Waals surface area contributed by atoms with Crippen molar-refractivity contribution in [2.45, 2.75) is 97.9 Å². The maximum Gasteiger partial charge on any atom is 0.189 e. The number of ether oxygens (including phenoxy) is 1. The molecule has 174 valence electrons. The van der Waals surface area contributed by atoms with E-state index in [1.54, 1.807) is 0 Å². The van der Waals surface area contributed by atoms with E-state index in [9.17, 15) is 4.80 Å². The van der Waals surface area contributed by atoms with E-state index in [0.717, 1.165) is 18.6 Å². The van der Waals surface area contributed by atoms with Gasteiger partial charge in [0.25, 0.3) is 0 Å². The third kappa shape index (κ3) is 9.61. The van der Waals surface area contributed by atoms with Gasteiger partial charge in [-0.3, -0.25) is 0 Å². The van der Waals surface area contributed by atoms with Crippen molar-refractivity contribution in [3.63, 3.8) is 0 Å². The Morgan fingerprint density at radius 1 is 0.871 bits per heavy atom. The van der Waals surface area contributed by atoms with E-state index in [4.69, 9.17) is 4.74 Å². The smallest absolute Gasteiger partial charge is 0.189 e. The van der Waals surface area contributed by atoms with Crippen LogP contribution in [0.4, 0.5) is 0 Å². The molecule has 0 saturated carbocycles. The quantitative estimate of drug-likeness (QED) is 0.395. The monoisotopic (exact) mass is 442 g/mol. The zero-order valence-electron chi connectivity index (χ0n) is 21.4. The lowest BCUT2D eigenvalue weighted by atomic mass is 9.84. The molecule has 0 spiro atoms. The predicted molar refractivity (Wildman–Crippen MR) is 138 cm³/mol. The summed E-state index contributed by atoms with van der Waals surface area (Å²) in [5.41, 5.74) is 2.66. The number of hydrogen-bond donors (Lipinski definition) is 1. The summed E-state index contributed by atoms with van der Waals surface area (Å²) in [5.74, 6) is 2.00. The molecule has 0 bridgehead atoms. The minimum absolute atomic E-state index is 0.192. The van der Waals surface area contributed by atoms with Gasteiger partial charge in [0.1, 0.15) is 11.4 Å². The molecule has 0 heterocycles. The lowest BCUT2D eigenvalue weighted by Gasteiger charge is -2.32. The summed E-state index contributed by atoms with van der Waals surface area (Å²) in [7, 11) is -2.35. The summed E-state index contributed by atoms with van der Waals surface area (Å²) in [6, 6.07) is 19.2. The van der Waals surface area contributed by atoms with Crippen molar-refractivity contribution < 1.29 is 9.53 Å². The second-order valence-electron chi connectivity index (χ2n) is 10.1. The molecule has 0 fully saturated rings. The first-order valence-electron chi connectivity index (χ1n) is 12.1. The Labute approximate surface area is 193 Å².